The van der Waals surface area contributed by atoms with Crippen LogP contribution >= 0.6 is 0 Å². The molecule has 0 radical (unpaired) electrons. The molecule has 15 saturated heterocycles. The van der Waals surface area contributed by atoms with Crippen LogP contribution in [0.2, 0.25) is 0 Å². The van der Waals surface area contributed by atoms with E-state index in [0.717, 1.165) is 60.3 Å². The second kappa shape index (κ2) is 37.4. The van der Waals surface area contributed by atoms with Gasteiger partial charge < -0.3 is 83.3 Å². The van der Waals surface area contributed by atoms with Crippen molar-refractivity contribution in [3.63, 3.8) is 0 Å². The van der Waals surface area contributed by atoms with Crippen LogP contribution in [0.25, 0.3) is 0 Å². The molecule has 15 aliphatic heterocycles. The van der Waals surface area contributed by atoms with E-state index in [4.69, 9.17) is 0 Å². The topological polar surface area (TPSA) is 55.1 Å². The number of rotatable bonds is 0. The van der Waals surface area contributed by atoms with Gasteiger partial charge in [0.25, 0.3) is 0 Å². The van der Waals surface area contributed by atoms with Crippen molar-refractivity contribution in [1.82, 2.24) is 83.3 Å². The van der Waals surface area contributed by atoms with Gasteiger partial charge in [-0.1, -0.05) is 6.92 Å². The maximum Gasteiger partial charge on any atom is 0.125 e. The molecule has 15 aliphatic rings. The number of hydrogen-bond donors (Lipinski definition) is 0. The molecule has 15 heterocycles. The molecule has 0 bridgehead atoms. The minimum absolute atomic E-state index is 0.588. The van der Waals surface area contributed by atoms with Gasteiger partial charge in [-0.05, 0) is 336 Å². The van der Waals surface area contributed by atoms with Gasteiger partial charge in [-0.3, -0.25) is 0 Å². The minimum atomic E-state index is -0.669. The molecule has 3 spiro atoms. The molecule has 0 amide bonds. The Morgan fingerprint density at radius 3 is 0.967 bits per heavy atom. The summed E-state index contributed by atoms with van der Waals surface area (Å²) in [5, 5.41) is 0. The average Bonchev–Trinajstić information content (AvgIpc) is 1.36. The SMILES string of the molecule is CC1CCN(C)CC1.CN1CC2CCN(C)C2C1.CN1CC2CCN(C)C2C1.CN1CCC2(C1)CN(C)C2.CN1CCC2(CC1)CCN(C)C2.CN1CCC2(CC1)CN(C)C2.CN1CCC2C(C1)CN2C.CN1CCCN(C)CCC1.CN1CCN(C)CC(F)C1. The highest BCUT2D eigenvalue weighted by Crippen LogP contribution is 2.41. The van der Waals surface area contributed by atoms with Crippen LogP contribution in [0.5, 0.6) is 0 Å². The molecular weight excluding hydrogens is 1130 g/mol. The fourth-order valence-corrected chi connectivity index (χ4v) is 18.6. The summed E-state index contributed by atoms with van der Waals surface area (Å²) in [4.78, 5) is 40.9. The predicted octanol–water partition coefficient (Wildman–Crippen LogP) is 4.88. The first-order valence-corrected chi connectivity index (χ1v) is 37.5. The van der Waals surface area contributed by atoms with Crippen molar-refractivity contribution in [1.29, 1.82) is 0 Å². The van der Waals surface area contributed by atoms with Crippen LogP contribution in [0.4, 0.5) is 4.39 Å². The summed E-state index contributed by atoms with van der Waals surface area (Å²) in [6.07, 6.45) is 17.6. The fourth-order valence-electron chi connectivity index (χ4n) is 18.6. The smallest absolute Gasteiger partial charge is 0.125 e. The van der Waals surface area contributed by atoms with E-state index in [1.165, 1.54) is 260 Å². The third-order valence-corrected chi connectivity index (χ3v) is 24.8. The Hall–Kier alpha value is -0.750. The number of hydrogen-bond acceptors (Lipinski definition) is 17. The Labute approximate surface area is 562 Å². The van der Waals surface area contributed by atoms with Gasteiger partial charge in [0.15, 0.2) is 0 Å². The summed E-state index contributed by atoms with van der Waals surface area (Å²) in [7, 11) is 37.4. The number of halogens is 1. The zero-order valence-corrected chi connectivity index (χ0v) is 63.2. The summed E-state index contributed by atoms with van der Waals surface area (Å²) in [5.74, 6) is 3.93. The first kappa shape index (κ1) is 77.6. The van der Waals surface area contributed by atoms with Crippen LogP contribution in [-0.4, -0.2) is 430 Å². The first-order chi connectivity index (χ1) is 43.2. The van der Waals surface area contributed by atoms with Crippen LogP contribution in [0, 0.1) is 39.9 Å². The van der Waals surface area contributed by atoms with Gasteiger partial charge in [0.1, 0.15) is 6.17 Å². The average molecular weight is 1290 g/mol. The normalized spacial score (nSPS) is 33.8. The Morgan fingerprint density at radius 1 is 0.242 bits per heavy atom. The van der Waals surface area contributed by atoms with Gasteiger partial charge in [-0.15, -0.1) is 0 Å². The lowest BCUT2D eigenvalue weighted by Crippen LogP contribution is -2.61. The summed E-state index contributed by atoms with van der Waals surface area (Å²) in [6, 6.07) is 2.69. The van der Waals surface area contributed by atoms with Crippen molar-refractivity contribution in [2.45, 2.75) is 115 Å². The number of alkyl halides is 1. The van der Waals surface area contributed by atoms with Gasteiger partial charge in [0, 0.05) is 128 Å². The molecule has 0 aromatic carbocycles. The third kappa shape index (κ3) is 25.5. The van der Waals surface area contributed by atoms with E-state index >= 15 is 0 Å². The minimum Gasteiger partial charge on any atom is -0.306 e. The van der Waals surface area contributed by atoms with Crippen LogP contribution < -0.4 is 0 Å². The second-order valence-electron chi connectivity index (χ2n) is 34.3. The van der Waals surface area contributed by atoms with Crippen molar-refractivity contribution in [2.75, 3.05) is 323 Å². The molecule has 17 nitrogen and oxygen atoms in total. The highest BCUT2D eigenvalue weighted by Gasteiger charge is 2.46. The van der Waals surface area contributed by atoms with Gasteiger partial charge in [0.2, 0.25) is 0 Å². The number of likely N-dealkylation sites (N-methyl/N-ethyl adjacent to an activating group) is 6. The predicted molar refractivity (Wildman–Crippen MR) is 386 cm³/mol. The fraction of sp³-hybridized carbons (Fsp3) is 1.00. The maximum atomic E-state index is 12.9. The quantitative estimate of drug-likeness (QED) is 0.331. The van der Waals surface area contributed by atoms with Gasteiger partial charge in [0.05, 0.1) is 0 Å². The molecule has 6 atom stereocenters. The van der Waals surface area contributed by atoms with Crippen LogP contribution in [0.15, 0.2) is 0 Å². The Balaban J connectivity index is 0.000000146. The van der Waals surface area contributed by atoms with Crippen LogP contribution in [0.3, 0.4) is 0 Å². The van der Waals surface area contributed by atoms with Gasteiger partial charge >= 0.3 is 0 Å². The molecule has 534 valence electrons. The van der Waals surface area contributed by atoms with Crippen molar-refractivity contribution in [3.8, 4) is 0 Å². The van der Waals surface area contributed by atoms with Crippen molar-refractivity contribution in [3.05, 3.63) is 0 Å². The Morgan fingerprint density at radius 2 is 0.582 bits per heavy atom. The highest BCUT2D eigenvalue weighted by atomic mass is 19.1. The molecule has 0 aromatic heterocycles. The Kier molecular flexibility index (Phi) is 31.9. The molecule has 91 heavy (non-hydrogen) atoms. The van der Waals surface area contributed by atoms with E-state index in [0.29, 0.717) is 23.9 Å². The largest absolute Gasteiger partial charge is 0.306 e. The lowest BCUT2D eigenvalue weighted by molar-refractivity contribution is -0.0264. The summed E-state index contributed by atoms with van der Waals surface area (Å²) >= 11 is 0. The lowest BCUT2D eigenvalue weighted by atomic mass is 9.72. The first-order valence-electron chi connectivity index (χ1n) is 37.5. The number of nitrogens with zero attached hydrogens (tertiary/aromatic N) is 17. The van der Waals surface area contributed by atoms with Crippen molar-refractivity contribution in [2.24, 2.45) is 39.9 Å². The molecule has 0 aromatic rings. The van der Waals surface area contributed by atoms with E-state index in [2.05, 4.69) is 186 Å². The van der Waals surface area contributed by atoms with E-state index in [1.807, 2.05) is 23.9 Å². The van der Waals surface area contributed by atoms with Crippen molar-refractivity contribution >= 4 is 0 Å². The molecule has 15 rings (SSSR count). The van der Waals surface area contributed by atoms with Gasteiger partial charge in [-0.25, -0.2) is 4.39 Å². The molecule has 0 N–H and O–H groups in total. The highest BCUT2D eigenvalue weighted by molar-refractivity contribution is 5.00. The molecule has 0 saturated carbocycles. The van der Waals surface area contributed by atoms with Crippen molar-refractivity contribution < 1.29 is 4.39 Å². The molecular formula is C73H150FN17. The molecule has 15 fully saturated rings. The second-order valence-corrected chi connectivity index (χ2v) is 34.3. The summed E-state index contributed by atoms with van der Waals surface area (Å²) in [5.41, 5.74) is 2.16. The number of likely N-dealkylation sites (tertiary alicyclic amines) is 13. The van der Waals surface area contributed by atoms with Crippen LogP contribution in [0.1, 0.15) is 90.4 Å². The van der Waals surface area contributed by atoms with E-state index in [-0.39, 0.29) is 0 Å². The zero-order valence-electron chi connectivity index (χ0n) is 63.2. The lowest BCUT2D eigenvalue weighted by Gasteiger charge is -2.52. The Bertz CT molecular complexity index is 1880. The van der Waals surface area contributed by atoms with E-state index < -0.39 is 6.17 Å². The monoisotopic (exact) mass is 1280 g/mol. The molecule has 0 aliphatic carbocycles. The number of piperidine rings is 4. The van der Waals surface area contributed by atoms with Gasteiger partial charge in [-0.2, -0.15) is 0 Å². The van der Waals surface area contributed by atoms with E-state index in [9.17, 15) is 4.39 Å². The zero-order chi connectivity index (χ0) is 66.0. The summed E-state index contributed by atoms with van der Waals surface area (Å²) < 4.78 is 12.9. The van der Waals surface area contributed by atoms with Crippen LogP contribution in [-0.2, 0) is 0 Å². The standard InChI is InChI=1S/C10H20N2.C9H18N2.4C8H16N2.C8H18N2.C7H15FN2.C7H15N/c1-11-6-3-10(4-7-11)5-8-12(2)9-10;1-10-5-3-9(4-6-10)7-11(2)8-9;1-9-4-3-8(5-9)6-10(2)7-8;1-9-4-3-8-7(5-9)6-10(8)2;2*1-9-5-7-3-4-10(2)8(7)6-9;1-9-5-3-7-10(2)8-4-6-9;1-9-3-4-10(2)6-7(8)5-9;1-7-3-5-8(2)6-4-7/h3-9H2,1-2H3;3-8H2,1-2H3;3-7H2,1-2H3;3*7-8H,3-6H2,1-2H3;3-8H2,1-2H3;7H,3-6H2,1-2H3;7H,3-6H2,1-2H3. The molecule has 6 unspecified atom stereocenters. The number of fused-ring (bicyclic) bond motifs is 3. The third-order valence-electron chi connectivity index (χ3n) is 24.8. The molecule has 18 heteroatoms. The van der Waals surface area contributed by atoms with E-state index in [1.54, 1.807) is 0 Å². The summed E-state index contributed by atoms with van der Waals surface area (Å²) in [6.45, 7) is 40.9. The maximum absolute atomic E-state index is 12.9.